The van der Waals surface area contributed by atoms with E-state index in [1.54, 1.807) is 16.0 Å². The molecule has 2 saturated heterocycles. The lowest BCUT2D eigenvalue weighted by molar-refractivity contribution is -0.125. The van der Waals surface area contributed by atoms with Crippen LogP contribution in [-0.2, 0) is 14.3 Å². The van der Waals surface area contributed by atoms with E-state index in [-0.39, 0.29) is 24.7 Å². The number of benzene rings is 2. The molecule has 28 heavy (non-hydrogen) atoms. The minimum Gasteiger partial charge on any atom is -0.442 e. The first-order valence-electron chi connectivity index (χ1n) is 9.22. The molecule has 0 unspecified atom stereocenters. The lowest BCUT2D eigenvalue weighted by Gasteiger charge is -2.27. The molecule has 2 aromatic rings. The van der Waals surface area contributed by atoms with Gasteiger partial charge in [-0.1, -0.05) is 30.3 Å². The molecule has 2 aliphatic heterocycles. The molecular formula is C21H21N3O4. The second kappa shape index (κ2) is 8.22. The third kappa shape index (κ3) is 4.04. The van der Waals surface area contributed by atoms with Gasteiger partial charge in [-0.15, -0.1) is 0 Å². The summed E-state index contributed by atoms with van der Waals surface area (Å²) in [7, 11) is 0. The van der Waals surface area contributed by atoms with Crippen molar-refractivity contribution in [3.63, 3.8) is 0 Å². The van der Waals surface area contributed by atoms with E-state index in [9.17, 15) is 9.59 Å². The van der Waals surface area contributed by atoms with Gasteiger partial charge in [0.25, 0.3) is 5.91 Å². The lowest BCUT2D eigenvalue weighted by Crippen LogP contribution is -2.41. The highest BCUT2D eigenvalue weighted by molar-refractivity contribution is 5.95. The van der Waals surface area contributed by atoms with Gasteiger partial charge in [0.05, 0.1) is 19.7 Å². The summed E-state index contributed by atoms with van der Waals surface area (Å²) >= 11 is 0. The molecule has 0 aliphatic carbocycles. The van der Waals surface area contributed by atoms with Crippen LogP contribution in [0.2, 0.25) is 0 Å². The summed E-state index contributed by atoms with van der Waals surface area (Å²) < 4.78 is 10.6. The van der Waals surface area contributed by atoms with Crippen molar-refractivity contribution >= 4 is 29.6 Å². The Kier molecular flexibility index (Phi) is 5.34. The van der Waals surface area contributed by atoms with Crippen LogP contribution in [0.1, 0.15) is 5.56 Å². The Morgan fingerprint density at radius 3 is 2.43 bits per heavy atom. The number of aliphatic imine (C=N–C) groups is 1. The molecule has 0 spiro atoms. The van der Waals surface area contributed by atoms with Crippen molar-refractivity contribution in [3.8, 4) is 0 Å². The van der Waals surface area contributed by atoms with Crippen molar-refractivity contribution < 1.29 is 19.1 Å². The zero-order valence-electron chi connectivity index (χ0n) is 15.4. The molecule has 1 atom stereocenters. The molecule has 2 aliphatic rings. The largest absolute Gasteiger partial charge is 0.442 e. The van der Waals surface area contributed by atoms with Gasteiger partial charge in [-0.2, -0.15) is 0 Å². The summed E-state index contributed by atoms with van der Waals surface area (Å²) in [5.74, 6) is -0.0593. The molecular weight excluding hydrogens is 358 g/mol. The monoisotopic (exact) mass is 379 g/mol. The van der Waals surface area contributed by atoms with E-state index in [0.29, 0.717) is 26.2 Å². The molecule has 7 heteroatoms. The molecule has 0 N–H and O–H groups in total. The molecule has 2 amide bonds. The van der Waals surface area contributed by atoms with Gasteiger partial charge in [0, 0.05) is 24.1 Å². The van der Waals surface area contributed by atoms with Gasteiger partial charge in [-0.25, -0.2) is 4.79 Å². The minimum atomic E-state index is -0.380. The highest BCUT2D eigenvalue weighted by atomic mass is 16.6. The number of amides is 2. The Morgan fingerprint density at radius 1 is 1.00 bits per heavy atom. The number of nitrogens with zero attached hydrogens (tertiary/aromatic N) is 3. The SMILES string of the molecule is O=C1COCCN1c1ccc(N2C[C@@H](CN=Cc3ccccc3)OC2=O)cc1. The number of hydrogen-bond acceptors (Lipinski definition) is 5. The van der Waals surface area contributed by atoms with Crippen molar-refractivity contribution in [1.29, 1.82) is 0 Å². The van der Waals surface area contributed by atoms with E-state index in [2.05, 4.69) is 4.99 Å². The molecule has 2 heterocycles. The third-order valence-electron chi connectivity index (χ3n) is 4.68. The first-order valence-corrected chi connectivity index (χ1v) is 9.22. The summed E-state index contributed by atoms with van der Waals surface area (Å²) in [6.07, 6.45) is 1.12. The van der Waals surface area contributed by atoms with E-state index in [0.717, 1.165) is 16.9 Å². The Hall–Kier alpha value is -3.19. The average Bonchev–Trinajstić information content (AvgIpc) is 3.10. The van der Waals surface area contributed by atoms with Gasteiger partial charge >= 0.3 is 6.09 Å². The maximum absolute atomic E-state index is 12.2. The van der Waals surface area contributed by atoms with Crippen molar-refractivity contribution in [1.82, 2.24) is 0 Å². The summed E-state index contributed by atoms with van der Waals surface area (Å²) in [6.45, 7) is 2.02. The van der Waals surface area contributed by atoms with Crippen LogP contribution in [0, 0.1) is 0 Å². The Morgan fingerprint density at radius 2 is 1.71 bits per heavy atom. The standard InChI is InChI=1S/C21H21N3O4/c25-20-15-27-11-10-23(20)17-6-8-18(9-7-17)24-14-19(28-21(24)26)13-22-12-16-4-2-1-3-5-16/h1-9,12,19H,10-11,13-15H2/t19-/m1/s1. The Balaban J connectivity index is 1.37. The number of rotatable bonds is 5. The zero-order chi connectivity index (χ0) is 19.3. The molecule has 2 fully saturated rings. The van der Waals surface area contributed by atoms with Gasteiger partial charge in [0.1, 0.15) is 12.7 Å². The van der Waals surface area contributed by atoms with Crippen LogP contribution in [0.5, 0.6) is 0 Å². The van der Waals surface area contributed by atoms with Crippen LogP contribution >= 0.6 is 0 Å². The van der Waals surface area contributed by atoms with Crippen LogP contribution in [0.25, 0.3) is 0 Å². The summed E-state index contributed by atoms with van der Waals surface area (Å²) in [6, 6.07) is 17.1. The number of anilines is 2. The number of carbonyl (C=O) groups is 2. The molecule has 0 radical (unpaired) electrons. The quantitative estimate of drug-likeness (QED) is 0.749. The van der Waals surface area contributed by atoms with Crippen molar-refractivity contribution in [2.24, 2.45) is 4.99 Å². The van der Waals surface area contributed by atoms with Gasteiger partial charge in [-0.3, -0.25) is 14.7 Å². The lowest BCUT2D eigenvalue weighted by atomic mass is 10.2. The Bertz CT molecular complexity index is 867. The van der Waals surface area contributed by atoms with E-state index < -0.39 is 0 Å². The fraction of sp³-hybridized carbons (Fsp3) is 0.286. The highest BCUT2D eigenvalue weighted by Crippen LogP contribution is 2.25. The van der Waals surface area contributed by atoms with Gasteiger partial charge in [0.15, 0.2) is 0 Å². The van der Waals surface area contributed by atoms with E-state index in [1.165, 1.54) is 0 Å². The number of carbonyl (C=O) groups excluding carboxylic acids is 2. The third-order valence-corrected chi connectivity index (χ3v) is 4.68. The molecule has 2 aromatic carbocycles. The minimum absolute atomic E-state index is 0.0593. The summed E-state index contributed by atoms with van der Waals surface area (Å²) in [4.78, 5) is 31.8. The molecule has 4 rings (SSSR count). The normalized spacial score (nSPS) is 20.1. The molecule has 0 saturated carbocycles. The van der Waals surface area contributed by atoms with Gasteiger partial charge < -0.3 is 14.4 Å². The van der Waals surface area contributed by atoms with Crippen molar-refractivity contribution in [3.05, 3.63) is 60.2 Å². The van der Waals surface area contributed by atoms with E-state index in [1.807, 2.05) is 54.6 Å². The molecule has 144 valence electrons. The van der Waals surface area contributed by atoms with E-state index >= 15 is 0 Å². The number of hydrogen-bond donors (Lipinski definition) is 0. The molecule has 0 bridgehead atoms. The molecule has 7 nitrogen and oxygen atoms in total. The predicted molar refractivity (Wildman–Crippen MR) is 106 cm³/mol. The van der Waals surface area contributed by atoms with Gasteiger partial charge in [-0.05, 0) is 29.8 Å². The average molecular weight is 379 g/mol. The van der Waals surface area contributed by atoms with Crippen LogP contribution in [0.4, 0.5) is 16.2 Å². The predicted octanol–water partition coefficient (Wildman–Crippen LogP) is 2.49. The topological polar surface area (TPSA) is 71.4 Å². The highest BCUT2D eigenvalue weighted by Gasteiger charge is 2.32. The molecule has 0 aromatic heterocycles. The van der Waals surface area contributed by atoms with Crippen LogP contribution < -0.4 is 9.80 Å². The number of ether oxygens (including phenoxy) is 2. The van der Waals surface area contributed by atoms with Crippen LogP contribution in [0.15, 0.2) is 59.6 Å². The van der Waals surface area contributed by atoms with E-state index in [4.69, 9.17) is 9.47 Å². The van der Waals surface area contributed by atoms with Gasteiger partial charge in [0.2, 0.25) is 0 Å². The fourth-order valence-corrected chi connectivity index (χ4v) is 3.25. The zero-order valence-corrected chi connectivity index (χ0v) is 15.4. The summed E-state index contributed by atoms with van der Waals surface area (Å²) in [5.41, 5.74) is 2.55. The number of cyclic esters (lactones) is 1. The second-order valence-corrected chi connectivity index (χ2v) is 6.64. The summed E-state index contributed by atoms with van der Waals surface area (Å²) in [5, 5.41) is 0. The smallest absolute Gasteiger partial charge is 0.414 e. The number of morpholine rings is 1. The maximum Gasteiger partial charge on any atom is 0.414 e. The van der Waals surface area contributed by atoms with Crippen molar-refractivity contribution in [2.45, 2.75) is 6.10 Å². The second-order valence-electron chi connectivity index (χ2n) is 6.64. The maximum atomic E-state index is 12.2. The first-order chi connectivity index (χ1) is 13.7. The fourth-order valence-electron chi connectivity index (χ4n) is 3.25. The van der Waals surface area contributed by atoms with Crippen LogP contribution in [-0.4, -0.2) is 57.2 Å². The van der Waals surface area contributed by atoms with Crippen LogP contribution in [0.3, 0.4) is 0 Å². The first kappa shape index (κ1) is 18.2. The van der Waals surface area contributed by atoms with Crippen molar-refractivity contribution in [2.75, 3.05) is 42.6 Å². The Labute approximate surface area is 163 Å².